The molecule has 108 valence electrons. The van der Waals surface area contributed by atoms with Gasteiger partial charge in [-0.25, -0.2) is 0 Å². The second kappa shape index (κ2) is 7.00. The minimum atomic E-state index is -0.359. The van der Waals surface area contributed by atoms with Gasteiger partial charge in [0, 0.05) is 7.05 Å². The third kappa shape index (κ3) is 3.47. The molecule has 2 aromatic carbocycles. The molecule has 22 heavy (non-hydrogen) atoms. The normalized spacial score (nSPS) is 10.2. The number of carbonyl (C=O) groups excluding carboxylic acids is 1. The van der Waals surface area contributed by atoms with Gasteiger partial charge in [0.1, 0.15) is 0 Å². The summed E-state index contributed by atoms with van der Waals surface area (Å²) in [5.74, 6) is -0.359. The second-order valence-electron chi connectivity index (χ2n) is 4.56. The van der Waals surface area contributed by atoms with Gasteiger partial charge in [0.15, 0.2) is 5.78 Å². The van der Waals surface area contributed by atoms with Gasteiger partial charge in [0.2, 0.25) is 5.43 Å². The van der Waals surface area contributed by atoms with Crippen LogP contribution >= 0.6 is 0 Å². The van der Waals surface area contributed by atoms with Gasteiger partial charge in [-0.05, 0) is 35.9 Å². The summed E-state index contributed by atoms with van der Waals surface area (Å²) < 4.78 is 0. The summed E-state index contributed by atoms with van der Waals surface area (Å²) in [7, 11) is 1.64. The lowest BCUT2D eigenvalue weighted by molar-refractivity contribution is 0.104. The topological polar surface area (TPSA) is 70.0 Å². The van der Waals surface area contributed by atoms with Crippen molar-refractivity contribution in [3.05, 3.63) is 81.5 Å². The summed E-state index contributed by atoms with van der Waals surface area (Å²) in [5.41, 5.74) is 1.49. The number of ketones is 1. The number of nitriles is 1. The Morgan fingerprint density at radius 2 is 1.82 bits per heavy atom. The van der Waals surface area contributed by atoms with Gasteiger partial charge in [-0.1, -0.05) is 30.3 Å². The van der Waals surface area contributed by atoms with E-state index in [9.17, 15) is 9.59 Å². The molecule has 0 saturated heterocycles. The Morgan fingerprint density at radius 1 is 1.14 bits per heavy atom. The SMILES string of the molecule is CNc1ccccc(C(=O)/C=C/c2ccc(C#N)cc2)c1=O. The van der Waals surface area contributed by atoms with E-state index in [0.717, 1.165) is 5.56 Å². The number of nitrogens with one attached hydrogen (secondary N) is 1. The second-order valence-corrected chi connectivity index (χ2v) is 4.56. The molecule has 0 heterocycles. The monoisotopic (exact) mass is 290 g/mol. The van der Waals surface area contributed by atoms with E-state index in [2.05, 4.69) is 5.32 Å². The van der Waals surface area contributed by atoms with Crippen molar-refractivity contribution in [1.82, 2.24) is 0 Å². The fourth-order valence-corrected chi connectivity index (χ4v) is 1.92. The zero-order valence-electron chi connectivity index (χ0n) is 12.0. The van der Waals surface area contributed by atoms with E-state index < -0.39 is 0 Å². The molecule has 0 spiro atoms. The van der Waals surface area contributed by atoms with E-state index >= 15 is 0 Å². The van der Waals surface area contributed by atoms with Crippen LogP contribution < -0.4 is 10.7 Å². The van der Waals surface area contributed by atoms with E-state index in [-0.39, 0.29) is 16.8 Å². The molecule has 0 bridgehead atoms. The molecular weight excluding hydrogens is 276 g/mol. The Kier molecular flexibility index (Phi) is 4.84. The van der Waals surface area contributed by atoms with Crippen LogP contribution in [0.15, 0.2) is 59.4 Å². The third-order valence-electron chi connectivity index (χ3n) is 3.13. The predicted molar refractivity (Wildman–Crippen MR) is 86.8 cm³/mol. The molecule has 0 aliphatic rings. The van der Waals surface area contributed by atoms with Crippen LogP contribution in [0, 0.1) is 11.3 Å². The van der Waals surface area contributed by atoms with Crippen LogP contribution in [0.4, 0.5) is 5.69 Å². The number of hydrogen-bond donors (Lipinski definition) is 1. The maximum absolute atomic E-state index is 12.2. The summed E-state index contributed by atoms with van der Waals surface area (Å²) in [5, 5.41) is 11.5. The molecule has 0 fully saturated rings. The number of allylic oxidation sites excluding steroid dienone is 1. The Balaban J connectivity index is 2.29. The number of rotatable bonds is 4. The van der Waals surface area contributed by atoms with Crippen LogP contribution in [0.2, 0.25) is 0 Å². The van der Waals surface area contributed by atoms with Crippen LogP contribution in [-0.2, 0) is 0 Å². The highest BCUT2D eigenvalue weighted by molar-refractivity contribution is 6.07. The first-order valence-corrected chi connectivity index (χ1v) is 6.69. The summed E-state index contributed by atoms with van der Waals surface area (Å²) in [6.45, 7) is 0. The standard InChI is InChI=1S/C18H14N2O2/c1-20-16-5-3-2-4-15(18(16)22)17(21)11-10-13-6-8-14(12-19)9-7-13/h2-11H,1H3,(H,20,22)/b11-10+. The summed E-state index contributed by atoms with van der Waals surface area (Å²) >= 11 is 0. The molecule has 4 heteroatoms. The molecule has 0 unspecified atom stereocenters. The first-order chi connectivity index (χ1) is 10.7. The molecular formula is C18H14N2O2. The number of benzene rings is 1. The lowest BCUT2D eigenvalue weighted by atomic mass is 10.1. The molecule has 0 atom stereocenters. The summed E-state index contributed by atoms with van der Waals surface area (Å²) in [6, 6.07) is 15.4. The zero-order valence-corrected chi connectivity index (χ0v) is 12.0. The van der Waals surface area contributed by atoms with Crippen molar-refractivity contribution in [3.63, 3.8) is 0 Å². The first-order valence-electron chi connectivity index (χ1n) is 6.69. The van der Waals surface area contributed by atoms with Gasteiger partial charge in [-0.2, -0.15) is 5.26 Å². The van der Waals surface area contributed by atoms with Gasteiger partial charge < -0.3 is 5.32 Å². The number of nitrogens with zero attached hydrogens (tertiary/aromatic N) is 1. The zero-order chi connectivity index (χ0) is 15.9. The van der Waals surface area contributed by atoms with Crippen LogP contribution in [0.3, 0.4) is 0 Å². The Morgan fingerprint density at radius 3 is 2.45 bits per heavy atom. The molecule has 0 saturated carbocycles. The molecule has 0 aromatic heterocycles. The minimum absolute atomic E-state index is 0.110. The number of carbonyl (C=O) groups is 1. The van der Waals surface area contributed by atoms with Crippen molar-refractivity contribution >= 4 is 17.5 Å². The highest BCUT2D eigenvalue weighted by atomic mass is 16.1. The van der Waals surface area contributed by atoms with Crippen LogP contribution in [0.1, 0.15) is 21.5 Å². The lowest BCUT2D eigenvalue weighted by Crippen LogP contribution is -2.14. The average molecular weight is 290 g/mol. The quantitative estimate of drug-likeness (QED) is 0.694. The molecule has 0 aliphatic heterocycles. The molecule has 0 aliphatic carbocycles. The molecule has 4 nitrogen and oxygen atoms in total. The van der Waals surface area contributed by atoms with Crippen molar-refractivity contribution in [3.8, 4) is 6.07 Å². The van der Waals surface area contributed by atoms with Crippen molar-refractivity contribution < 1.29 is 4.79 Å². The smallest absolute Gasteiger partial charge is 0.212 e. The van der Waals surface area contributed by atoms with Crippen molar-refractivity contribution in [2.45, 2.75) is 0 Å². The lowest BCUT2D eigenvalue weighted by Gasteiger charge is -1.96. The Labute approximate surface area is 128 Å². The van der Waals surface area contributed by atoms with Crippen molar-refractivity contribution in [2.75, 3.05) is 12.4 Å². The Bertz CT molecular complexity index is 816. The van der Waals surface area contributed by atoms with E-state index in [1.807, 2.05) is 6.07 Å². The van der Waals surface area contributed by atoms with Gasteiger partial charge in [-0.3, -0.25) is 9.59 Å². The summed E-state index contributed by atoms with van der Waals surface area (Å²) in [4.78, 5) is 24.4. The van der Waals surface area contributed by atoms with Crippen LogP contribution in [0.25, 0.3) is 6.08 Å². The van der Waals surface area contributed by atoms with E-state index in [0.29, 0.717) is 11.3 Å². The Hall–Kier alpha value is -3.19. The van der Waals surface area contributed by atoms with E-state index in [4.69, 9.17) is 5.26 Å². The fraction of sp³-hybridized carbons (Fsp3) is 0.0556. The number of hydrogen-bond acceptors (Lipinski definition) is 4. The third-order valence-corrected chi connectivity index (χ3v) is 3.13. The molecule has 2 aromatic rings. The molecule has 0 radical (unpaired) electrons. The van der Waals surface area contributed by atoms with Gasteiger partial charge >= 0.3 is 0 Å². The van der Waals surface area contributed by atoms with E-state index in [1.165, 1.54) is 12.1 Å². The number of anilines is 1. The van der Waals surface area contributed by atoms with Crippen molar-refractivity contribution in [1.29, 1.82) is 5.26 Å². The van der Waals surface area contributed by atoms with Gasteiger partial charge in [0.05, 0.1) is 22.9 Å². The van der Waals surface area contributed by atoms with E-state index in [1.54, 1.807) is 55.6 Å². The maximum atomic E-state index is 12.2. The summed E-state index contributed by atoms with van der Waals surface area (Å²) in [6.07, 6.45) is 2.98. The first kappa shape index (κ1) is 15.2. The molecule has 2 rings (SSSR count). The minimum Gasteiger partial charge on any atom is -0.385 e. The fourth-order valence-electron chi connectivity index (χ4n) is 1.92. The average Bonchev–Trinajstić information content (AvgIpc) is 2.74. The van der Waals surface area contributed by atoms with Crippen molar-refractivity contribution in [2.24, 2.45) is 0 Å². The predicted octanol–water partition coefficient (Wildman–Crippen LogP) is 2.86. The highest BCUT2D eigenvalue weighted by Crippen LogP contribution is 2.07. The van der Waals surface area contributed by atoms with Gasteiger partial charge in [-0.15, -0.1) is 0 Å². The molecule has 0 amide bonds. The van der Waals surface area contributed by atoms with Crippen LogP contribution in [0.5, 0.6) is 0 Å². The van der Waals surface area contributed by atoms with Crippen LogP contribution in [-0.4, -0.2) is 12.8 Å². The van der Waals surface area contributed by atoms with Gasteiger partial charge in [0.25, 0.3) is 0 Å². The largest absolute Gasteiger partial charge is 0.385 e. The highest BCUT2D eigenvalue weighted by Gasteiger charge is 2.08. The maximum Gasteiger partial charge on any atom is 0.212 e. The molecule has 1 N–H and O–H groups in total.